The van der Waals surface area contributed by atoms with E-state index in [4.69, 9.17) is 17.3 Å². The van der Waals surface area contributed by atoms with Crippen LogP contribution in [0, 0.1) is 5.41 Å². The summed E-state index contributed by atoms with van der Waals surface area (Å²) in [5.74, 6) is -0.631. The number of amides is 2. The van der Waals surface area contributed by atoms with Crippen LogP contribution in [0.15, 0.2) is 22.7 Å². The summed E-state index contributed by atoms with van der Waals surface area (Å²) in [6, 6.07) is 5.26. The van der Waals surface area contributed by atoms with Crippen molar-refractivity contribution in [2.45, 2.75) is 20.3 Å². The maximum absolute atomic E-state index is 11.8. The molecule has 19 heavy (non-hydrogen) atoms. The zero-order chi connectivity index (χ0) is 14.6. The van der Waals surface area contributed by atoms with Gasteiger partial charge in [0.25, 0.3) is 0 Å². The number of rotatable bonds is 5. The smallest absolute Gasteiger partial charge is 0.224 e. The number of carbonyl (C=O) groups excluding carboxylic acids is 2. The lowest BCUT2D eigenvalue weighted by Crippen LogP contribution is -2.42. The largest absolute Gasteiger partial charge is 0.369 e. The van der Waals surface area contributed by atoms with Gasteiger partial charge in [-0.15, -0.1) is 0 Å². The first-order chi connectivity index (χ1) is 8.72. The van der Waals surface area contributed by atoms with Crippen molar-refractivity contribution in [3.8, 4) is 0 Å². The van der Waals surface area contributed by atoms with Gasteiger partial charge in [0.15, 0.2) is 0 Å². The molecule has 0 saturated carbocycles. The van der Waals surface area contributed by atoms with Crippen molar-refractivity contribution in [1.29, 1.82) is 0 Å². The average molecular weight is 348 g/mol. The molecule has 0 saturated heterocycles. The number of nitrogens with two attached hydrogens (primary N) is 1. The van der Waals surface area contributed by atoms with E-state index >= 15 is 0 Å². The number of nitrogens with one attached hydrogen (secondary N) is 1. The molecule has 0 aliphatic heterocycles. The van der Waals surface area contributed by atoms with Gasteiger partial charge in [-0.05, 0) is 37.6 Å². The van der Waals surface area contributed by atoms with Crippen LogP contribution in [0.25, 0.3) is 0 Å². The number of halogens is 2. The first kappa shape index (κ1) is 16.0. The Bertz CT molecular complexity index is 503. The van der Waals surface area contributed by atoms with E-state index in [0.717, 1.165) is 10.0 Å². The summed E-state index contributed by atoms with van der Waals surface area (Å²) >= 11 is 9.24. The van der Waals surface area contributed by atoms with Gasteiger partial charge in [-0.1, -0.05) is 27.5 Å². The highest BCUT2D eigenvalue weighted by Crippen LogP contribution is 2.21. The molecule has 0 aliphatic rings. The molecule has 0 heterocycles. The maximum atomic E-state index is 11.8. The third-order valence-corrected chi connectivity index (χ3v) is 3.76. The Morgan fingerprint density at radius 2 is 2.05 bits per heavy atom. The SMILES string of the molecule is CC(C)(CNC(=O)Cc1cc(Cl)ccc1Br)C(N)=O. The molecule has 0 aromatic heterocycles. The normalized spacial score (nSPS) is 11.2. The zero-order valence-electron chi connectivity index (χ0n) is 10.8. The molecule has 0 radical (unpaired) electrons. The minimum atomic E-state index is -0.763. The lowest BCUT2D eigenvalue weighted by molar-refractivity contribution is -0.126. The summed E-state index contributed by atoms with van der Waals surface area (Å²) < 4.78 is 0.821. The Labute approximate surface area is 125 Å². The van der Waals surface area contributed by atoms with E-state index in [1.165, 1.54) is 0 Å². The first-order valence-electron chi connectivity index (χ1n) is 5.73. The van der Waals surface area contributed by atoms with Crippen molar-refractivity contribution in [3.05, 3.63) is 33.3 Å². The van der Waals surface area contributed by atoms with Crippen LogP contribution in [0.4, 0.5) is 0 Å². The third-order valence-electron chi connectivity index (χ3n) is 2.75. The topological polar surface area (TPSA) is 72.2 Å². The molecule has 1 rings (SSSR count). The Kier molecular flexibility index (Phi) is 5.38. The van der Waals surface area contributed by atoms with Gasteiger partial charge in [0.2, 0.25) is 11.8 Å². The van der Waals surface area contributed by atoms with E-state index in [9.17, 15) is 9.59 Å². The fourth-order valence-electron chi connectivity index (χ4n) is 1.32. The Morgan fingerprint density at radius 1 is 1.42 bits per heavy atom. The lowest BCUT2D eigenvalue weighted by Gasteiger charge is -2.20. The van der Waals surface area contributed by atoms with Crippen LogP contribution < -0.4 is 11.1 Å². The van der Waals surface area contributed by atoms with Crippen LogP contribution >= 0.6 is 27.5 Å². The molecule has 0 atom stereocenters. The highest BCUT2D eigenvalue weighted by Gasteiger charge is 2.25. The minimum absolute atomic E-state index is 0.183. The third kappa shape index (κ3) is 4.84. The van der Waals surface area contributed by atoms with Crippen LogP contribution in [-0.2, 0) is 16.0 Å². The first-order valence-corrected chi connectivity index (χ1v) is 6.90. The van der Waals surface area contributed by atoms with E-state index in [1.807, 2.05) is 0 Å². The van der Waals surface area contributed by atoms with Crippen LogP contribution in [-0.4, -0.2) is 18.4 Å². The number of benzene rings is 1. The molecule has 1 aromatic carbocycles. The van der Waals surface area contributed by atoms with E-state index in [2.05, 4.69) is 21.2 Å². The lowest BCUT2D eigenvalue weighted by atomic mass is 9.92. The zero-order valence-corrected chi connectivity index (χ0v) is 13.1. The maximum Gasteiger partial charge on any atom is 0.224 e. The summed E-state index contributed by atoms with van der Waals surface area (Å²) in [7, 11) is 0. The van der Waals surface area contributed by atoms with Gasteiger partial charge < -0.3 is 11.1 Å². The van der Waals surface area contributed by atoms with Crippen LogP contribution in [0.5, 0.6) is 0 Å². The Morgan fingerprint density at radius 3 is 2.63 bits per heavy atom. The predicted molar refractivity (Wildman–Crippen MR) is 78.8 cm³/mol. The fourth-order valence-corrected chi connectivity index (χ4v) is 1.90. The second-order valence-electron chi connectivity index (χ2n) is 4.94. The molecule has 3 N–H and O–H groups in total. The number of hydrogen-bond donors (Lipinski definition) is 2. The number of carbonyl (C=O) groups is 2. The Balaban J connectivity index is 2.61. The van der Waals surface area contributed by atoms with Crippen LogP contribution in [0.3, 0.4) is 0 Å². The van der Waals surface area contributed by atoms with Crippen molar-refractivity contribution in [3.63, 3.8) is 0 Å². The molecule has 0 fully saturated rings. The predicted octanol–water partition coefficient (Wildman–Crippen LogP) is 2.27. The van der Waals surface area contributed by atoms with Crippen molar-refractivity contribution in [1.82, 2.24) is 5.32 Å². The summed E-state index contributed by atoms with van der Waals surface area (Å²) in [4.78, 5) is 23.0. The summed E-state index contributed by atoms with van der Waals surface area (Å²) in [6.07, 6.45) is 0.190. The van der Waals surface area contributed by atoms with Gasteiger partial charge in [-0.25, -0.2) is 0 Å². The quantitative estimate of drug-likeness (QED) is 0.857. The van der Waals surface area contributed by atoms with Gasteiger partial charge in [0.1, 0.15) is 0 Å². The van der Waals surface area contributed by atoms with Crippen LogP contribution in [0.2, 0.25) is 5.02 Å². The van der Waals surface area contributed by atoms with E-state index in [0.29, 0.717) is 5.02 Å². The van der Waals surface area contributed by atoms with Gasteiger partial charge in [-0.2, -0.15) is 0 Å². The molecule has 0 bridgehead atoms. The summed E-state index contributed by atoms with van der Waals surface area (Å²) in [5.41, 5.74) is 5.27. The standard InChI is InChI=1S/C13H16BrClN2O2/c1-13(2,12(16)19)7-17-11(18)6-8-5-9(15)3-4-10(8)14/h3-5H,6-7H2,1-2H3,(H2,16,19)(H,17,18). The number of primary amides is 1. The molecule has 6 heteroatoms. The molecule has 1 aromatic rings. The van der Waals surface area contributed by atoms with Gasteiger partial charge in [0.05, 0.1) is 11.8 Å². The highest BCUT2D eigenvalue weighted by atomic mass is 79.9. The van der Waals surface area contributed by atoms with E-state index in [1.54, 1.807) is 32.0 Å². The highest BCUT2D eigenvalue weighted by molar-refractivity contribution is 9.10. The molecular weight excluding hydrogens is 332 g/mol. The van der Waals surface area contributed by atoms with Gasteiger partial charge >= 0.3 is 0 Å². The van der Waals surface area contributed by atoms with Crippen molar-refractivity contribution in [2.24, 2.45) is 11.1 Å². The average Bonchev–Trinajstić information content (AvgIpc) is 2.31. The second-order valence-corrected chi connectivity index (χ2v) is 6.23. The van der Waals surface area contributed by atoms with Crippen molar-refractivity contribution in [2.75, 3.05) is 6.54 Å². The van der Waals surface area contributed by atoms with E-state index in [-0.39, 0.29) is 18.9 Å². The monoisotopic (exact) mass is 346 g/mol. The summed E-state index contributed by atoms with van der Waals surface area (Å²) in [6.45, 7) is 3.58. The molecule has 104 valence electrons. The van der Waals surface area contributed by atoms with Gasteiger partial charge in [0, 0.05) is 16.0 Å². The van der Waals surface area contributed by atoms with Crippen LogP contribution in [0.1, 0.15) is 19.4 Å². The molecule has 0 spiro atoms. The molecule has 0 aliphatic carbocycles. The Hall–Kier alpha value is -1.07. The molecular formula is C13H16BrClN2O2. The molecule has 2 amide bonds. The van der Waals surface area contributed by atoms with Gasteiger partial charge in [-0.3, -0.25) is 9.59 Å². The summed E-state index contributed by atoms with van der Waals surface area (Å²) in [5, 5.41) is 3.27. The second kappa shape index (κ2) is 6.39. The van der Waals surface area contributed by atoms with Crippen molar-refractivity contribution < 1.29 is 9.59 Å². The van der Waals surface area contributed by atoms with E-state index < -0.39 is 11.3 Å². The molecule has 4 nitrogen and oxygen atoms in total. The number of hydrogen-bond acceptors (Lipinski definition) is 2. The molecule has 0 unspecified atom stereocenters. The fraction of sp³-hybridized carbons (Fsp3) is 0.385. The van der Waals surface area contributed by atoms with Crippen molar-refractivity contribution >= 4 is 39.3 Å². The minimum Gasteiger partial charge on any atom is -0.369 e.